The van der Waals surface area contributed by atoms with Crippen molar-refractivity contribution in [3.8, 4) is 0 Å². The van der Waals surface area contributed by atoms with Crippen LogP contribution in [0, 0.1) is 23.7 Å². The molecule has 2 aromatic rings. The van der Waals surface area contributed by atoms with E-state index >= 15 is 0 Å². The fourth-order valence-corrected chi connectivity index (χ4v) is 12.4. The molecule has 3 nitrogen and oxygen atoms in total. The summed E-state index contributed by atoms with van der Waals surface area (Å²) in [6.45, 7) is 7.56. The number of hydrogen-bond donors (Lipinski definition) is 0. The number of fused-ring (bicyclic) bond motifs is 1. The largest absolute Gasteiger partial charge is 0.461 e. The summed E-state index contributed by atoms with van der Waals surface area (Å²) in [6, 6.07) is 21.5. The minimum Gasteiger partial charge on any atom is -0.461 e. The number of benzene rings is 2. The van der Waals surface area contributed by atoms with Gasteiger partial charge in [-0.05, 0) is 33.7 Å². The first-order valence-electron chi connectivity index (χ1n) is 10.9. The monoisotopic (exact) mass is 532 g/mol. The van der Waals surface area contributed by atoms with Crippen LogP contribution in [0.25, 0.3) is 0 Å². The molecule has 1 aliphatic heterocycles. The van der Waals surface area contributed by atoms with Gasteiger partial charge >= 0.3 is 5.97 Å². The Bertz CT molecular complexity index is 887. The summed E-state index contributed by atoms with van der Waals surface area (Å²) in [7, 11) is -2.57. The Hall–Kier alpha value is -1.18. The van der Waals surface area contributed by atoms with Crippen molar-refractivity contribution in [2.24, 2.45) is 23.7 Å². The normalized spacial score (nSPS) is 32.5. The summed E-state index contributed by atoms with van der Waals surface area (Å²) >= 11 is 2.52. The van der Waals surface area contributed by atoms with Gasteiger partial charge in [-0.3, -0.25) is 4.79 Å². The molecular formula is C25H29IO3Si. The number of carbonyl (C=O) groups excluding carboxylic acids is 1. The number of ether oxygens (including phenoxy) is 1. The maximum Gasteiger partial charge on any atom is 0.310 e. The van der Waals surface area contributed by atoms with Crippen LogP contribution < -0.4 is 10.4 Å². The van der Waals surface area contributed by atoms with Crippen LogP contribution in [0.15, 0.2) is 60.7 Å². The van der Waals surface area contributed by atoms with Crippen molar-refractivity contribution in [1.29, 1.82) is 0 Å². The third-order valence-corrected chi connectivity index (χ3v) is 14.2. The maximum absolute atomic E-state index is 12.6. The average molecular weight is 532 g/mol. The molecule has 0 amide bonds. The number of hydrogen-bond acceptors (Lipinski definition) is 3. The highest BCUT2D eigenvalue weighted by Crippen LogP contribution is 2.60. The fraction of sp³-hybridized carbons (Fsp3) is 0.480. The van der Waals surface area contributed by atoms with E-state index in [0.717, 1.165) is 6.42 Å². The molecule has 1 saturated heterocycles. The second-order valence-electron chi connectivity index (χ2n) is 10.1. The van der Waals surface area contributed by atoms with Crippen LogP contribution in [-0.2, 0) is 14.0 Å². The summed E-state index contributed by atoms with van der Waals surface area (Å²) < 4.78 is 13.4. The molecule has 0 spiro atoms. The molecule has 2 bridgehead atoms. The van der Waals surface area contributed by atoms with Gasteiger partial charge < -0.3 is 9.16 Å². The smallest absolute Gasteiger partial charge is 0.310 e. The third kappa shape index (κ3) is 2.95. The molecule has 0 N–H and O–H groups in total. The van der Waals surface area contributed by atoms with Gasteiger partial charge in [0.05, 0.1) is 9.84 Å². The number of carbonyl (C=O) groups is 1. The summed E-state index contributed by atoms with van der Waals surface area (Å²) in [4.78, 5) is 12.6. The molecule has 0 radical (unpaired) electrons. The molecule has 0 unspecified atom stereocenters. The molecule has 2 aliphatic carbocycles. The molecule has 30 heavy (non-hydrogen) atoms. The molecule has 2 aromatic carbocycles. The van der Waals surface area contributed by atoms with E-state index in [4.69, 9.17) is 9.16 Å². The zero-order chi connectivity index (χ0) is 21.1. The van der Waals surface area contributed by atoms with Crippen LogP contribution in [0.2, 0.25) is 5.04 Å². The van der Waals surface area contributed by atoms with Crippen LogP contribution in [0.5, 0.6) is 0 Å². The summed E-state index contributed by atoms with van der Waals surface area (Å²) in [5, 5.41) is 2.55. The van der Waals surface area contributed by atoms with Gasteiger partial charge in [0, 0.05) is 12.5 Å². The van der Waals surface area contributed by atoms with Gasteiger partial charge in [-0.15, -0.1) is 0 Å². The van der Waals surface area contributed by atoms with Gasteiger partial charge in [0.15, 0.2) is 0 Å². The van der Waals surface area contributed by atoms with E-state index in [9.17, 15) is 4.79 Å². The lowest BCUT2D eigenvalue weighted by atomic mass is 9.80. The van der Waals surface area contributed by atoms with Crippen LogP contribution in [0.1, 0.15) is 27.2 Å². The Kier molecular flexibility index (Phi) is 5.14. The van der Waals surface area contributed by atoms with E-state index in [0.29, 0.717) is 22.4 Å². The first-order chi connectivity index (χ1) is 14.3. The molecule has 3 aliphatic rings. The van der Waals surface area contributed by atoms with Crippen molar-refractivity contribution in [2.45, 2.75) is 42.3 Å². The average Bonchev–Trinajstić information content (AvgIpc) is 3.34. The van der Waals surface area contributed by atoms with E-state index in [1.165, 1.54) is 10.4 Å². The summed E-state index contributed by atoms with van der Waals surface area (Å²) in [5.41, 5.74) is 0. The molecule has 3 fully saturated rings. The highest BCUT2D eigenvalue weighted by molar-refractivity contribution is 14.1. The van der Waals surface area contributed by atoms with Crippen LogP contribution >= 0.6 is 22.6 Å². The topological polar surface area (TPSA) is 35.5 Å². The van der Waals surface area contributed by atoms with Gasteiger partial charge in [0.2, 0.25) is 0 Å². The number of alkyl halides is 1. The second kappa shape index (κ2) is 7.45. The Morgan fingerprint density at radius 3 is 2.10 bits per heavy atom. The third-order valence-electron chi connectivity index (χ3n) is 7.60. The quantitative estimate of drug-likeness (QED) is 0.251. The van der Waals surface area contributed by atoms with Gasteiger partial charge in [0.1, 0.15) is 6.10 Å². The number of halogens is 1. The van der Waals surface area contributed by atoms with Crippen LogP contribution in [0.4, 0.5) is 0 Å². The zero-order valence-electron chi connectivity index (χ0n) is 17.8. The predicted molar refractivity (Wildman–Crippen MR) is 130 cm³/mol. The van der Waals surface area contributed by atoms with Gasteiger partial charge in [-0.25, -0.2) is 0 Å². The maximum atomic E-state index is 12.6. The Morgan fingerprint density at radius 1 is 1.00 bits per heavy atom. The standard InChI is InChI=1S/C25H29IO3Si/c1-25(2,3)30(16-10-6-4-7-11-16,17-12-8-5-9-13-17)28-15-20-18-14-19-21(20)24(27)29-23(19)22(18)26/h4-13,18-23H,14-15H2,1-3H3/t18-,19-,20-,21+,22+,23+/m1/s1. The molecule has 158 valence electrons. The zero-order valence-corrected chi connectivity index (χ0v) is 20.9. The van der Waals surface area contributed by atoms with Gasteiger partial charge in [0.25, 0.3) is 8.32 Å². The lowest BCUT2D eigenvalue weighted by Crippen LogP contribution is -2.67. The minimum atomic E-state index is -2.57. The van der Waals surface area contributed by atoms with Crippen LogP contribution in [-0.4, -0.2) is 30.9 Å². The highest BCUT2D eigenvalue weighted by atomic mass is 127. The Balaban J connectivity index is 1.54. The van der Waals surface area contributed by atoms with Crippen molar-refractivity contribution >= 4 is 47.3 Å². The molecule has 5 rings (SSSR count). The first kappa shape index (κ1) is 20.7. The van der Waals surface area contributed by atoms with E-state index in [1.54, 1.807) is 0 Å². The molecular weight excluding hydrogens is 503 g/mol. The molecule has 1 heterocycles. The molecule has 0 aromatic heterocycles. The van der Waals surface area contributed by atoms with Gasteiger partial charge in [-0.1, -0.05) is 104 Å². The highest BCUT2D eigenvalue weighted by Gasteiger charge is 2.66. The number of rotatable bonds is 5. The van der Waals surface area contributed by atoms with Gasteiger partial charge in [-0.2, -0.15) is 0 Å². The van der Waals surface area contributed by atoms with Crippen molar-refractivity contribution < 1.29 is 14.0 Å². The van der Waals surface area contributed by atoms with Crippen LogP contribution in [0.3, 0.4) is 0 Å². The number of esters is 1. The molecule has 6 atom stereocenters. The van der Waals surface area contributed by atoms with E-state index < -0.39 is 8.32 Å². The Labute approximate surface area is 193 Å². The lowest BCUT2D eigenvalue weighted by Gasteiger charge is -2.44. The SMILES string of the molecule is CC(C)(C)[Si](OC[C@@H]1[C@H]2C[C@H]3[C@H](OC(=O)[C@H]13)[C@H]2I)(c1ccccc1)c1ccccc1. The van der Waals surface area contributed by atoms with E-state index in [2.05, 4.69) is 104 Å². The van der Waals surface area contributed by atoms with Crippen molar-refractivity contribution in [2.75, 3.05) is 6.61 Å². The molecule has 5 heteroatoms. The van der Waals surface area contributed by atoms with Crippen molar-refractivity contribution in [3.05, 3.63) is 60.7 Å². The minimum absolute atomic E-state index is 0.0164. The first-order valence-corrected chi connectivity index (χ1v) is 14.1. The second-order valence-corrected chi connectivity index (χ2v) is 15.8. The summed E-state index contributed by atoms with van der Waals surface area (Å²) in [5.74, 6) is 1.24. The Morgan fingerprint density at radius 2 is 1.57 bits per heavy atom. The van der Waals surface area contributed by atoms with Crippen molar-refractivity contribution in [3.63, 3.8) is 0 Å². The lowest BCUT2D eigenvalue weighted by molar-refractivity contribution is -0.144. The predicted octanol–water partition coefficient (Wildman–Crippen LogP) is 4.17. The summed E-state index contributed by atoms with van der Waals surface area (Å²) in [6.07, 6.45) is 1.25. The van der Waals surface area contributed by atoms with Crippen molar-refractivity contribution in [1.82, 2.24) is 0 Å². The molecule has 2 saturated carbocycles. The van der Waals surface area contributed by atoms with E-state index in [1.807, 2.05) is 0 Å². The fourth-order valence-electron chi connectivity index (χ4n) is 6.33. The van der Waals surface area contributed by atoms with E-state index in [-0.39, 0.29) is 28.9 Å².